The van der Waals surface area contributed by atoms with Gasteiger partial charge in [-0.05, 0) is 43.0 Å². The molecule has 1 aromatic carbocycles. The predicted octanol–water partition coefficient (Wildman–Crippen LogP) is 4.65. The van der Waals surface area contributed by atoms with Gasteiger partial charge in [-0.2, -0.15) is 0 Å². The van der Waals surface area contributed by atoms with Crippen LogP contribution in [0.15, 0.2) is 66.2 Å². The Kier molecular flexibility index (Phi) is 5.16. The summed E-state index contributed by atoms with van der Waals surface area (Å²) < 4.78 is 2.21. The van der Waals surface area contributed by atoms with Crippen LogP contribution in [0.5, 0.6) is 0 Å². The maximum absolute atomic E-state index is 12.8. The van der Waals surface area contributed by atoms with Gasteiger partial charge in [0.2, 0.25) is 0 Å². The summed E-state index contributed by atoms with van der Waals surface area (Å²) in [4.78, 5) is 15.5. The quantitative estimate of drug-likeness (QED) is 0.642. The standard InChI is InChI=1S/C20H22N2OS/c1-16(2)22(20(23)19-11-7-13-24-19)15-18-10-6-12-21(18)14-17-8-4-3-5-9-17/h3-13,16H,14-15H2,1-2H3. The van der Waals surface area contributed by atoms with E-state index in [9.17, 15) is 4.79 Å². The van der Waals surface area contributed by atoms with E-state index in [1.165, 1.54) is 16.9 Å². The molecule has 0 aliphatic heterocycles. The van der Waals surface area contributed by atoms with Crippen LogP contribution >= 0.6 is 11.3 Å². The van der Waals surface area contributed by atoms with E-state index in [0.29, 0.717) is 6.54 Å². The zero-order valence-electron chi connectivity index (χ0n) is 14.1. The number of nitrogens with zero attached hydrogens (tertiary/aromatic N) is 2. The van der Waals surface area contributed by atoms with E-state index in [1.807, 2.05) is 34.5 Å². The number of aromatic nitrogens is 1. The smallest absolute Gasteiger partial charge is 0.264 e. The molecule has 0 bridgehead atoms. The summed E-state index contributed by atoms with van der Waals surface area (Å²) in [6.45, 7) is 5.57. The molecule has 1 amide bonds. The molecule has 3 nitrogen and oxygen atoms in total. The van der Waals surface area contributed by atoms with Gasteiger partial charge in [-0.3, -0.25) is 4.79 Å². The first kappa shape index (κ1) is 16.5. The Morgan fingerprint density at radius 1 is 1.08 bits per heavy atom. The Labute approximate surface area is 147 Å². The largest absolute Gasteiger partial charge is 0.345 e. The van der Waals surface area contributed by atoms with Crippen LogP contribution in [0.2, 0.25) is 0 Å². The molecule has 2 heterocycles. The van der Waals surface area contributed by atoms with E-state index >= 15 is 0 Å². The van der Waals surface area contributed by atoms with E-state index in [2.05, 4.69) is 54.9 Å². The predicted molar refractivity (Wildman–Crippen MR) is 99.3 cm³/mol. The summed E-state index contributed by atoms with van der Waals surface area (Å²) in [5, 5.41) is 1.95. The van der Waals surface area contributed by atoms with E-state index in [1.54, 1.807) is 0 Å². The number of carbonyl (C=O) groups is 1. The van der Waals surface area contributed by atoms with Crippen molar-refractivity contribution < 1.29 is 4.79 Å². The number of rotatable bonds is 6. The lowest BCUT2D eigenvalue weighted by atomic mass is 10.2. The SMILES string of the molecule is CC(C)N(Cc1cccn1Cc1ccccc1)C(=O)c1cccs1. The Morgan fingerprint density at radius 3 is 2.54 bits per heavy atom. The molecule has 0 saturated heterocycles. The summed E-state index contributed by atoms with van der Waals surface area (Å²) in [6.07, 6.45) is 2.08. The van der Waals surface area contributed by atoms with Crippen LogP contribution in [0.4, 0.5) is 0 Å². The molecule has 24 heavy (non-hydrogen) atoms. The Balaban J connectivity index is 1.79. The van der Waals surface area contributed by atoms with Crippen molar-refractivity contribution in [3.05, 3.63) is 82.3 Å². The topological polar surface area (TPSA) is 25.2 Å². The molecule has 0 radical (unpaired) electrons. The van der Waals surface area contributed by atoms with Crippen LogP contribution in [0.3, 0.4) is 0 Å². The number of carbonyl (C=O) groups excluding carboxylic acids is 1. The number of thiophene rings is 1. The highest BCUT2D eigenvalue weighted by atomic mass is 32.1. The van der Waals surface area contributed by atoms with Gasteiger partial charge < -0.3 is 9.47 Å². The van der Waals surface area contributed by atoms with Crippen molar-refractivity contribution in [2.45, 2.75) is 33.0 Å². The van der Waals surface area contributed by atoms with E-state index in [0.717, 1.165) is 17.1 Å². The Bertz CT molecular complexity index is 775. The fourth-order valence-corrected chi connectivity index (χ4v) is 3.41. The maximum Gasteiger partial charge on any atom is 0.264 e. The number of benzene rings is 1. The Morgan fingerprint density at radius 2 is 1.88 bits per heavy atom. The van der Waals surface area contributed by atoms with Crippen molar-refractivity contribution in [3.8, 4) is 0 Å². The van der Waals surface area contributed by atoms with Gasteiger partial charge in [-0.15, -0.1) is 11.3 Å². The van der Waals surface area contributed by atoms with Crippen molar-refractivity contribution in [1.29, 1.82) is 0 Å². The highest BCUT2D eigenvalue weighted by Gasteiger charge is 2.21. The van der Waals surface area contributed by atoms with Gasteiger partial charge >= 0.3 is 0 Å². The van der Waals surface area contributed by atoms with Gasteiger partial charge in [-0.25, -0.2) is 0 Å². The summed E-state index contributed by atoms with van der Waals surface area (Å²) >= 11 is 1.50. The van der Waals surface area contributed by atoms with Crippen LogP contribution in [0.1, 0.15) is 34.8 Å². The van der Waals surface area contributed by atoms with E-state index in [4.69, 9.17) is 0 Å². The van der Waals surface area contributed by atoms with Gasteiger partial charge in [0.25, 0.3) is 5.91 Å². The van der Waals surface area contributed by atoms with Crippen LogP contribution in [-0.2, 0) is 13.1 Å². The molecule has 3 aromatic rings. The number of hydrogen-bond acceptors (Lipinski definition) is 2. The minimum atomic E-state index is 0.104. The van der Waals surface area contributed by atoms with Gasteiger partial charge in [0, 0.05) is 24.5 Å². The lowest BCUT2D eigenvalue weighted by Crippen LogP contribution is -2.36. The molecule has 0 atom stereocenters. The minimum absolute atomic E-state index is 0.104. The maximum atomic E-state index is 12.8. The molecule has 0 spiro atoms. The molecule has 0 saturated carbocycles. The molecule has 4 heteroatoms. The molecule has 3 rings (SSSR count). The van der Waals surface area contributed by atoms with Gasteiger partial charge in [-0.1, -0.05) is 36.4 Å². The van der Waals surface area contributed by atoms with Crippen LogP contribution < -0.4 is 0 Å². The third-order valence-corrected chi connectivity index (χ3v) is 4.93. The second-order valence-corrected chi connectivity index (χ2v) is 7.06. The third kappa shape index (κ3) is 3.77. The lowest BCUT2D eigenvalue weighted by Gasteiger charge is -2.27. The van der Waals surface area contributed by atoms with Crippen molar-refractivity contribution in [1.82, 2.24) is 9.47 Å². The lowest BCUT2D eigenvalue weighted by molar-refractivity contribution is 0.0691. The zero-order valence-corrected chi connectivity index (χ0v) is 14.9. The monoisotopic (exact) mass is 338 g/mol. The van der Waals surface area contributed by atoms with Crippen LogP contribution in [0.25, 0.3) is 0 Å². The summed E-state index contributed by atoms with van der Waals surface area (Å²) in [5.41, 5.74) is 2.41. The highest BCUT2D eigenvalue weighted by molar-refractivity contribution is 7.12. The molecule has 0 unspecified atom stereocenters. The first-order valence-corrected chi connectivity index (χ1v) is 9.05. The number of amides is 1. The fourth-order valence-electron chi connectivity index (χ4n) is 2.73. The van der Waals surface area contributed by atoms with E-state index < -0.39 is 0 Å². The van der Waals surface area contributed by atoms with Crippen molar-refractivity contribution in [2.24, 2.45) is 0 Å². The number of hydrogen-bond donors (Lipinski definition) is 0. The van der Waals surface area contributed by atoms with Crippen molar-refractivity contribution >= 4 is 17.2 Å². The third-order valence-electron chi connectivity index (χ3n) is 4.07. The van der Waals surface area contributed by atoms with E-state index in [-0.39, 0.29) is 11.9 Å². The summed E-state index contributed by atoms with van der Waals surface area (Å²) in [5.74, 6) is 0.104. The Hall–Kier alpha value is -2.33. The summed E-state index contributed by atoms with van der Waals surface area (Å²) in [7, 11) is 0. The van der Waals surface area contributed by atoms with Crippen molar-refractivity contribution in [3.63, 3.8) is 0 Å². The fraction of sp³-hybridized carbons (Fsp3) is 0.250. The molecule has 0 fully saturated rings. The van der Waals surface area contributed by atoms with Crippen LogP contribution in [0, 0.1) is 0 Å². The molecule has 124 valence electrons. The van der Waals surface area contributed by atoms with Crippen LogP contribution in [-0.4, -0.2) is 21.4 Å². The molecule has 0 aliphatic carbocycles. The summed E-state index contributed by atoms with van der Waals surface area (Å²) in [6, 6.07) is 18.5. The first-order valence-electron chi connectivity index (χ1n) is 8.17. The average Bonchev–Trinajstić information content (AvgIpc) is 3.25. The van der Waals surface area contributed by atoms with Gasteiger partial charge in [0.1, 0.15) is 0 Å². The minimum Gasteiger partial charge on any atom is -0.345 e. The molecule has 0 aliphatic rings. The molecule has 2 aromatic heterocycles. The van der Waals surface area contributed by atoms with Gasteiger partial charge in [0.15, 0.2) is 0 Å². The molecular formula is C20H22N2OS. The van der Waals surface area contributed by atoms with Gasteiger partial charge in [0.05, 0.1) is 11.4 Å². The zero-order chi connectivity index (χ0) is 16.9. The highest BCUT2D eigenvalue weighted by Crippen LogP contribution is 2.18. The molecule has 0 N–H and O–H groups in total. The average molecular weight is 338 g/mol. The first-order chi connectivity index (χ1) is 11.6. The van der Waals surface area contributed by atoms with Crippen molar-refractivity contribution in [2.75, 3.05) is 0 Å². The molecular weight excluding hydrogens is 316 g/mol. The second kappa shape index (κ2) is 7.49. The second-order valence-electron chi connectivity index (χ2n) is 6.12. The normalized spacial score (nSPS) is 11.0.